The van der Waals surface area contributed by atoms with E-state index >= 15 is 0 Å². The highest BCUT2D eigenvalue weighted by molar-refractivity contribution is 5.64. The van der Waals surface area contributed by atoms with Gasteiger partial charge in [0.2, 0.25) is 11.7 Å². The molecule has 38 heavy (non-hydrogen) atoms. The maximum absolute atomic E-state index is 5.12. The Balaban J connectivity index is 0.000000505. The van der Waals surface area contributed by atoms with E-state index in [-0.39, 0.29) is 0 Å². The first-order chi connectivity index (χ1) is 18.4. The van der Waals surface area contributed by atoms with Gasteiger partial charge in [-0.1, -0.05) is 49.0 Å². The fraction of sp³-hybridized carbons (Fsp3) is 0.419. The van der Waals surface area contributed by atoms with Gasteiger partial charge in [-0.15, -0.1) is 6.58 Å². The van der Waals surface area contributed by atoms with Gasteiger partial charge in [0, 0.05) is 56.6 Å². The maximum atomic E-state index is 5.12. The fourth-order valence-electron chi connectivity index (χ4n) is 4.76. The molecule has 0 saturated heterocycles. The maximum Gasteiger partial charge on any atom is 0.223 e. The summed E-state index contributed by atoms with van der Waals surface area (Å²) in [6.07, 6.45) is 4.09. The zero-order chi connectivity index (χ0) is 27.5. The monoisotopic (exact) mass is 516 g/mol. The summed E-state index contributed by atoms with van der Waals surface area (Å²) in [4.78, 5) is 9.00. The Morgan fingerprint density at radius 2 is 1.84 bits per heavy atom. The molecule has 204 valence electrons. The summed E-state index contributed by atoms with van der Waals surface area (Å²) in [5, 5.41) is 10.3. The number of aromatic nitrogens is 2. The third-order valence-electron chi connectivity index (χ3n) is 6.92. The van der Waals surface area contributed by atoms with E-state index in [1.54, 1.807) is 6.92 Å². The predicted molar refractivity (Wildman–Crippen MR) is 159 cm³/mol. The van der Waals surface area contributed by atoms with Crippen molar-refractivity contribution >= 4 is 5.69 Å². The Morgan fingerprint density at radius 3 is 2.39 bits per heavy atom. The van der Waals surface area contributed by atoms with Crippen LogP contribution in [-0.4, -0.2) is 67.9 Å². The highest BCUT2D eigenvalue weighted by Gasteiger charge is 2.26. The standard InChI is InChI=1S/C26H30N4O.C5H14N2/c1-6-13-30(25-12-11-23(14-18(25)2)26-27-20(4)31-28-26)17-19(3)29(5)24-15-21-9-7-8-10-22(21)16-24;1-3-7-5-4-6-2/h6-12,14,24H,1,3,13,15-17H2,2,4-5H3;6-7H,3-5H2,1-2H3. The third kappa shape index (κ3) is 7.79. The average molecular weight is 517 g/mol. The molecule has 7 nitrogen and oxygen atoms in total. The number of hydrogen-bond donors (Lipinski definition) is 2. The van der Waals surface area contributed by atoms with Gasteiger partial charge in [0.05, 0.1) is 6.54 Å². The van der Waals surface area contributed by atoms with Crippen LogP contribution in [0.4, 0.5) is 5.69 Å². The van der Waals surface area contributed by atoms with Gasteiger partial charge in [-0.05, 0) is 68.2 Å². The molecule has 0 bridgehead atoms. The summed E-state index contributed by atoms with van der Waals surface area (Å²) in [5.41, 5.74) is 7.29. The zero-order valence-electron chi connectivity index (χ0n) is 23.8. The highest BCUT2D eigenvalue weighted by atomic mass is 16.5. The summed E-state index contributed by atoms with van der Waals surface area (Å²) in [5.74, 6) is 1.19. The molecule has 3 aromatic rings. The molecule has 0 radical (unpaired) electrons. The summed E-state index contributed by atoms with van der Waals surface area (Å²) >= 11 is 0. The number of rotatable bonds is 12. The Kier molecular flexibility index (Phi) is 11.1. The first kappa shape index (κ1) is 29.1. The van der Waals surface area contributed by atoms with Gasteiger partial charge >= 0.3 is 0 Å². The number of nitrogens with zero attached hydrogens (tertiary/aromatic N) is 4. The van der Waals surface area contributed by atoms with Crippen LogP contribution in [0.25, 0.3) is 11.4 Å². The van der Waals surface area contributed by atoms with Crippen LogP contribution < -0.4 is 15.5 Å². The number of aryl methyl sites for hydroxylation is 2. The van der Waals surface area contributed by atoms with Crippen LogP contribution in [0.3, 0.4) is 0 Å². The second-order valence-corrected chi connectivity index (χ2v) is 9.77. The molecule has 1 aliphatic carbocycles. The lowest BCUT2D eigenvalue weighted by Crippen LogP contribution is -2.37. The van der Waals surface area contributed by atoms with Crippen LogP contribution in [0.15, 0.2) is 71.9 Å². The van der Waals surface area contributed by atoms with Gasteiger partial charge in [0.1, 0.15) is 0 Å². The van der Waals surface area contributed by atoms with E-state index in [2.05, 4.69) is 101 Å². The molecule has 1 heterocycles. The smallest absolute Gasteiger partial charge is 0.223 e. The molecule has 4 rings (SSSR count). The van der Waals surface area contributed by atoms with Crippen LogP contribution >= 0.6 is 0 Å². The molecule has 0 spiro atoms. The molecule has 1 aliphatic rings. The summed E-state index contributed by atoms with van der Waals surface area (Å²) in [6.45, 7) is 19.1. The molecule has 2 N–H and O–H groups in total. The topological polar surface area (TPSA) is 69.5 Å². The minimum absolute atomic E-state index is 0.459. The molecule has 0 fully saturated rings. The Morgan fingerprint density at radius 1 is 1.13 bits per heavy atom. The largest absolute Gasteiger partial charge is 0.373 e. The van der Waals surface area contributed by atoms with E-state index in [1.165, 1.54) is 11.1 Å². The zero-order valence-corrected chi connectivity index (χ0v) is 23.8. The molecule has 0 atom stereocenters. The van der Waals surface area contributed by atoms with E-state index in [9.17, 15) is 0 Å². The van der Waals surface area contributed by atoms with Crippen molar-refractivity contribution in [3.63, 3.8) is 0 Å². The Hall–Kier alpha value is -3.42. The first-order valence-electron chi connectivity index (χ1n) is 13.5. The lowest BCUT2D eigenvalue weighted by molar-refractivity contribution is 0.309. The molecular weight excluding hydrogens is 472 g/mol. The second kappa shape index (κ2) is 14.5. The van der Waals surface area contributed by atoms with Gasteiger partial charge < -0.3 is 25.0 Å². The number of benzene rings is 2. The van der Waals surface area contributed by atoms with Crippen molar-refractivity contribution in [2.45, 2.75) is 39.7 Å². The van der Waals surface area contributed by atoms with E-state index in [0.717, 1.165) is 68.1 Å². The number of fused-ring (bicyclic) bond motifs is 1. The SMILES string of the molecule is C=CCN(CC(=C)N(C)C1Cc2ccccc2C1)c1ccc(-c2noc(C)n2)cc1C.CCNCCNC. The van der Waals surface area contributed by atoms with Gasteiger partial charge in [0.15, 0.2) is 0 Å². The first-order valence-corrected chi connectivity index (χ1v) is 13.5. The van der Waals surface area contributed by atoms with E-state index in [0.29, 0.717) is 17.8 Å². The third-order valence-corrected chi connectivity index (χ3v) is 6.92. The molecule has 2 aromatic carbocycles. The lowest BCUT2D eigenvalue weighted by atomic mass is 10.1. The number of likely N-dealkylation sites (N-methyl/N-ethyl adjacent to an activating group) is 3. The lowest BCUT2D eigenvalue weighted by Gasteiger charge is -2.33. The minimum Gasteiger partial charge on any atom is -0.373 e. The fourth-order valence-corrected chi connectivity index (χ4v) is 4.76. The van der Waals surface area contributed by atoms with Gasteiger partial charge in [-0.25, -0.2) is 0 Å². The van der Waals surface area contributed by atoms with Crippen molar-refractivity contribution in [3.05, 3.63) is 90.0 Å². The molecular formula is C31H44N6O. The van der Waals surface area contributed by atoms with E-state index < -0.39 is 0 Å². The van der Waals surface area contributed by atoms with Crippen LogP contribution in [0, 0.1) is 13.8 Å². The molecule has 7 heteroatoms. The van der Waals surface area contributed by atoms with Crippen molar-refractivity contribution in [1.82, 2.24) is 25.7 Å². The molecule has 0 amide bonds. The highest BCUT2D eigenvalue weighted by Crippen LogP contribution is 2.29. The van der Waals surface area contributed by atoms with E-state index in [1.807, 2.05) is 19.2 Å². The summed E-state index contributed by atoms with van der Waals surface area (Å²) < 4.78 is 5.12. The summed E-state index contributed by atoms with van der Waals surface area (Å²) in [6, 6.07) is 15.5. The van der Waals surface area contributed by atoms with Gasteiger partial charge in [-0.2, -0.15) is 4.98 Å². The van der Waals surface area contributed by atoms with Crippen molar-refractivity contribution in [1.29, 1.82) is 0 Å². The number of anilines is 1. The normalized spacial score (nSPS) is 12.4. The Bertz CT molecular complexity index is 1160. The molecule has 0 unspecified atom stereocenters. The van der Waals surface area contributed by atoms with Crippen LogP contribution in [-0.2, 0) is 12.8 Å². The number of nitrogens with one attached hydrogen (secondary N) is 2. The van der Waals surface area contributed by atoms with Crippen LogP contribution in [0.1, 0.15) is 29.5 Å². The van der Waals surface area contributed by atoms with Crippen molar-refractivity contribution in [3.8, 4) is 11.4 Å². The molecule has 0 aliphatic heterocycles. The number of hydrogen-bond acceptors (Lipinski definition) is 7. The molecule has 0 saturated carbocycles. The van der Waals surface area contributed by atoms with E-state index in [4.69, 9.17) is 4.52 Å². The Labute approximate surface area is 228 Å². The van der Waals surface area contributed by atoms with Crippen molar-refractivity contribution in [2.24, 2.45) is 0 Å². The predicted octanol–water partition coefficient (Wildman–Crippen LogP) is 4.77. The minimum atomic E-state index is 0.459. The average Bonchev–Trinajstić information content (AvgIpc) is 3.55. The van der Waals surface area contributed by atoms with Crippen LogP contribution in [0.5, 0.6) is 0 Å². The summed E-state index contributed by atoms with van der Waals surface area (Å²) in [7, 11) is 4.12. The second-order valence-electron chi connectivity index (χ2n) is 9.77. The van der Waals surface area contributed by atoms with Crippen molar-refractivity contribution < 1.29 is 4.52 Å². The van der Waals surface area contributed by atoms with Gasteiger partial charge in [0.25, 0.3) is 0 Å². The van der Waals surface area contributed by atoms with Crippen molar-refractivity contribution in [2.75, 3.05) is 51.7 Å². The molecule has 1 aromatic heterocycles. The van der Waals surface area contributed by atoms with Gasteiger partial charge in [-0.3, -0.25) is 0 Å². The van der Waals surface area contributed by atoms with Crippen LogP contribution in [0.2, 0.25) is 0 Å². The quantitative estimate of drug-likeness (QED) is 0.265.